The van der Waals surface area contributed by atoms with Gasteiger partial charge in [-0.25, -0.2) is 9.97 Å². The molecule has 0 saturated heterocycles. The van der Waals surface area contributed by atoms with Gasteiger partial charge in [-0.2, -0.15) is 0 Å². The average Bonchev–Trinajstić information content (AvgIpc) is 3.13. The number of hydrogen-bond donors (Lipinski definition) is 0. The molecule has 3 heterocycles. The van der Waals surface area contributed by atoms with Crippen LogP contribution in [0.4, 0.5) is 17.3 Å². The van der Waals surface area contributed by atoms with Crippen LogP contribution in [0.3, 0.4) is 0 Å². The number of anilines is 3. The van der Waals surface area contributed by atoms with Crippen molar-refractivity contribution < 1.29 is 4.42 Å². The number of para-hydroxylation sites is 1. The topological polar surface area (TPSA) is 45.4 Å². The summed E-state index contributed by atoms with van der Waals surface area (Å²) in [6, 6.07) is 12.4. The van der Waals surface area contributed by atoms with Crippen LogP contribution in [0.15, 0.2) is 53.2 Å². The summed E-state index contributed by atoms with van der Waals surface area (Å²) < 4.78 is 6.22. The number of fused-ring (bicyclic) bond motifs is 4. The Hall–Kier alpha value is -3.08. The normalized spacial score (nSPS) is 13.9. The lowest BCUT2D eigenvalue weighted by molar-refractivity contribution is 0.667. The quantitative estimate of drug-likeness (QED) is 0.526. The van der Waals surface area contributed by atoms with Gasteiger partial charge in [0.15, 0.2) is 17.2 Å². The van der Waals surface area contributed by atoms with Gasteiger partial charge in [0, 0.05) is 30.2 Å². The van der Waals surface area contributed by atoms with Crippen molar-refractivity contribution >= 4 is 39.3 Å². The van der Waals surface area contributed by atoms with Crippen LogP contribution in [0.2, 0.25) is 0 Å². The summed E-state index contributed by atoms with van der Waals surface area (Å²) in [4.78, 5) is 13.3. The number of hydrogen-bond acceptors (Lipinski definition) is 5. The fourth-order valence-corrected chi connectivity index (χ4v) is 3.51. The second-order valence-corrected chi connectivity index (χ2v) is 6.18. The predicted octanol–water partition coefficient (Wildman–Crippen LogP) is 4.23. The van der Waals surface area contributed by atoms with Crippen LogP contribution in [0.5, 0.6) is 0 Å². The lowest BCUT2D eigenvalue weighted by Gasteiger charge is -2.20. The molecule has 1 aliphatic rings. The fraction of sp³-hybridized carbons (Fsp3) is 0.158. The zero-order valence-corrected chi connectivity index (χ0v) is 13.5. The molecule has 4 aromatic rings. The van der Waals surface area contributed by atoms with Crippen molar-refractivity contribution in [1.82, 2.24) is 9.97 Å². The molecule has 0 bridgehead atoms. The maximum absolute atomic E-state index is 6.22. The van der Waals surface area contributed by atoms with E-state index in [1.54, 1.807) is 12.4 Å². The highest BCUT2D eigenvalue weighted by molar-refractivity contribution is 6.10. The first-order chi connectivity index (χ1) is 11.7. The Kier molecular flexibility index (Phi) is 2.62. The van der Waals surface area contributed by atoms with E-state index in [2.05, 4.69) is 44.9 Å². The van der Waals surface area contributed by atoms with E-state index < -0.39 is 0 Å². The summed E-state index contributed by atoms with van der Waals surface area (Å²) in [7, 11) is 2.03. The van der Waals surface area contributed by atoms with Crippen LogP contribution < -0.4 is 9.80 Å². The van der Waals surface area contributed by atoms with Crippen molar-refractivity contribution in [3.05, 3.63) is 54.4 Å². The minimum atomic E-state index is 0.705. The van der Waals surface area contributed by atoms with Crippen molar-refractivity contribution in [1.29, 1.82) is 0 Å². The van der Waals surface area contributed by atoms with Crippen molar-refractivity contribution in [3.63, 3.8) is 0 Å². The summed E-state index contributed by atoms with van der Waals surface area (Å²) in [6.07, 6.45) is 3.46. The molecule has 0 N–H and O–H groups in total. The molecule has 0 atom stereocenters. The number of aryl methyl sites for hydroxylation is 1. The first kappa shape index (κ1) is 13.4. The van der Waals surface area contributed by atoms with Gasteiger partial charge in [0.05, 0.1) is 12.4 Å². The van der Waals surface area contributed by atoms with E-state index >= 15 is 0 Å². The second kappa shape index (κ2) is 4.71. The zero-order valence-electron chi connectivity index (χ0n) is 13.5. The minimum absolute atomic E-state index is 0.705. The summed E-state index contributed by atoms with van der Waals surface area (Å²) in [6.45, 7) is 2.81. The monoisotopic (exact) mass is 316 g/mol. The first-order valence-electron chi connectivity index (χ1n) is 7.94. The third-order valence-electron chi connectivity index (χ3n) is 4.62. The summed E-state index contributed by atoms with van der Waals surface area (Å²) in [5, 5.41) is 2.27. The molecule has 5 heteroatoms. The highest BCUT2D eigenvalue weighted by atomic mass is 16.3. The van der Waals surface area contributed by atoms with Gasteiger partial charge in [0.1, 0.15) is 5.58 Å². The molecule has 0 fully saturated rings. The van der Waals surface area contributed by atoms with Gasteiger partial charge in [-0.05, 0) is 18.6 Å². The van der Waals surface area contributed by atoms with Crippen LogP contribution >= 0.6 is 0 Å². The maximum Gasteiger partial charge on any atom is 0.178 e. The Labute approximate surface area is 139 Å². The molecule has 5 nitrogen and oxygen atoms in total. The van der Waals surface area contributed by atoms with E-state index in [0.29, 0.717) is 6.67 Å². The van der Waals surface area contributed by atoms with E-state index in [-0.39, 0.29) is 0 Å². The van der Waals surface area contributed by atoms with Crippen LogP contribution in [0, 0.1) is 6.92 Å². The summed E-state index contributed by atoms with van der Waals surface area (Å²) >= 11 is 0. The lowest BCUT2D eigenvalue weighted by Crippen LogP contribution is -2.25. The van der Waals surface area contributed by atoms with Gasteiger partial charge in [-0.1, -0.05) is 30.3 Å². The fourth-order valence-electron chi connectivity index (χ4n) is 3.51. The summed E-state index contributed by atoms with van der Waals surface area (Å²) in [5.74, 6) is 1.76. The molecule has 2 aromatic carbocycles. The molecule has 0 amide bonds. The molecular weight excluding hydrogens is 300 g/mol. The number of benzene rings is 2. The van der Waals surface area contributed by atoms with Crippen LogP contribution in [-0.2, 0) is 0 Å². The number of aromatic nitrogens is 2. The standard InChI is InChI=1S/C19H16N4O/c1-12-7-8-14-13-5-3-4-6-15(13)24-17(14)16(12)23-11-22(2)18-19(23)21-10-9-20-18/h3-10H,11H2,1-2H3. The maximum atomic E-state index is 6.22. The highest BCUT2D eigenvalue weighted by Crippen LogP contribution is 2.43. The highest BCUT2D eigenvalue weighted by Gasteiger charge is 2.30. The Bertz CT molecular complexity index is 1090. The average molecular weight is 316 g/mol. The van der Waals surface area contributed by atoms with Crippen molar-refractivity contribution in [2.45, 2.75) is 6.92 Å². The van der Waals surface area contributed by atoms with Gasteiger partial charge in [-0.3, -0.25) is 0 Å². The van der Waals surface area contributed by atoms with Gasteiger partial charge < -0.3 is 14.2 Å². The van der Waals surface area contributed by atoms with Crippen LogP contribution in [-0.4, -0.2) is 23.7 Å². The first-order valence-corrected chi connectivity index (χ1v) is 7.94. The van der Waals surface area contributed by atoms with Gasteiger partial charge in [-0.15, -0.1) is 0 Å². The minimum Gasteiger partial charge on any atom is -0.454 e. The van der Waals surface area contributed by atoms with E-state index in [1.807, 2.05) is 25.2 Å². The molecule has 1 aliphatic heterocycles. The smallest absolute Gasteiger partial charge is 0.178 e. The van der Waals surface area contributed by atoms with Crippen molar-refractivity contribution in [2.24, 2.45) is 0 Å². The Balaban J connectivity index is 1.83. The third-order valence-corrected chi connectivity index (χ3v) is 4.62. The van der Waals surface area contributed by atoms with E-state index in [4.69, 9.17) is 4.42 Å². The zero-order chi connectivity index (χ0) is 16.3. The SMILES string of the molecule is Cc1ccc2c(oc3ccccc32)c1N1CN(C)c2nccnc21. The molecule has 0 radical (unpaired) electrons. The molecule has 5 rings (SSSR count). The van der Waals surface area contributed by atoms with Crippen LogP contribution in [0.1, 0.15) is 5.56 Å². The van der Waals surface area contributed by atoms with E-state index in [0.717, 1.165) is 44.8 Å². The lowest BCUT2D eigenvalue weighted by atomic mass is 10.1. The largest absolute Gasteiger partial charge is 0.454 e. The molecule has 0 aliphatic carbocycles. The molecule has 118 valence electrons. The van der Waals surface area contributed by atoms with E-state index in [9.17, 15) is 0 Å². The molecule has 24 heavy (non-hydrogen) atoms. The van der Waals surface area contributed by atoms with Crippen LogP contribution in [0.25, 0.3) is 21.9 Å². The van der Waals surface area contributed by atoms with Gasteiger partial charge in [0.25, 0.3) is 0 Å². The second-order valence-electron chi connectivity index (χ2n) is 6.18. The Morgan fingerprint density at radius 3 is 2.62 bits per heavy atom. The van der Waals surface area contributed by atoms with E-state index in [1.165, 1.54) is 0 Å². The summed E-state index contributed by atoms with van der Waals surface area (Å²) in [5.41, 5.74) is 4.04. The van der Waals surface area contributed by atoms with Gasteiger partial charge >= 0.3 is 0 Å². The molecule has 0 spiro atoms. The number of nitrogens with zero attached hydrogens (tertiary/aromatic N) is 4. The Morgan fingerprint density at radius 1 is 0.958 bits per heavy atom. The molecule has 0 saturated carbocycles. The molecule has 0 unspecified atom stereocenters. The molecular formula is C19H16N4O. The molecule has 2 aromatic heterocycles. The van der Waals surface area contributed by atoms with Gasteiger partial charge in [0.2, 0.25) is 0 Å². The Morgan fingerprint density at radius 2 is 1.75 bits per heavy atom. The third kappa shape index (κ3) is 1.69. The van der Waals surface area contributed by atoms with Crippen molar-refractivity contribution in [3.8, 4) is 0 Å². The van der Waals surface area contributed by atoms with Crippen molar-refractivity contribution in [2.75, 3.05) is 23.5 Å². The number of furan rings is 1. The number of rotatable bonds is 1. The predicted molar refractivity (Wildman–Crippen MR) is 95.9 cm³/mol.